The highest BCUT2D eigenvalue weighted by atomic mass is 16.7. The van der Waals surface area contributed by atoms with Crippen LogP contribution in [0, 0.1) is 35.0 Å². The van der Waals surface area contributed by atoms with Crippen LogP contribution in [0.4, 0.5) is 0 Å². The van der Waals surface area contributed by atoms with E-state index in [0.29, 0.717) is 23.7 Å². The van der Waals surface area contributed by atoms with E-state index in [2.05, 4.69) is 6.92 Å². The monoisotopic (exact) mass is 379 g/mol. The van der Waals surface area contributed by atoms with Gasteiger partial charge in [-0.1, -0.05) is 31.6 Å². The molecule has 4 aliphatic rings. The maximum Gasteiger partial charge on any atom is 0.132 e. The molecule has 0 spiro atoms. The number of nitrogens with one attached hydrogen (secondary N) is 1. The SMILES string of the molecule is CON(C)C(O)C1CC[C@H]2C3CCC4C[C@](C)(O)CCC4C3([NH-])CCC12C. The maximum atomic E-state index is 10.9. The molecule has 7 unspecified atom stereocenters. The molecule has 0 aromatic carbocycles. The fourth-order valence-electron chi connectivity index (χ4n) is 8.00. The minimum atomic E-state index is -0.565. The molecule has 4 fully saturated rings. The van der Waals surface area contributed by atoms with Crippen molar-refractivity contribution in [3.8, 4) is 0 Å². The van der Waals surface area contributed by atoms with Crippen LogP contribution in [-0.2, 0) is 4.84 Å². The normalized spacial score (nSPS) is 53.6. The predicted molar refractivity (Wildman–Crippen MR) is 106 cm³/mol. The third-order valence-electron chi connectivity index (χ3n) is 9.50. The molecule has 5 heteroatoms. The highest BCUT2D eigenvalue weighted by molar-refractivity contribution is 5.19. The molecule has 0 bridgehead atoms. The summed E-state index contributed by atoms with van der Waals surface area (Å²) in [4.78, 5) is 5.29. The van der Waals surface area contributed by atoms with E-state index < -0.39 is 11.8 Å². The molecular formula is C22H39N2O3-. The third kappa shape index (κ3) is 3.00. The van der Waals surface area contributed by atoms with Crippen LogP contribution >= 0.6 is 0 Å². The van der Waals surface area contributed by atoms with E-state index in [1.165, 1.54) is 6.42 Å². The van der Waals surface area contributed by atoms with Crippen LogP contribution < -0.4 is 0 Å². The Morgan fingerprint density at radius 3 is 2.41 bits per heavy atom. The number of hydrogen-bond donors (Lipinski definition) is 2. The molecule has 4 rings (SSSR count). The van der Waals surface area contributed by atoms with Crippen molar-refractivity contribution in [2.24, 2.45) is 35.0 Å². The van der Waals surface area contributed by atoms with Crippen molar-refractivity contribution in [3.05, 3.63) is 5.73 Å². The van der Waals surface area contributed by atoms with Gasteiger partial charge < -0.3 is 20.8 Å². The quantitative estimate of drug-likeness (QED) is 0.574. The average molecular weight is 380 g/mol. The summed E-state index contributed by atoms with van der Waals surface area (Å²) in [6, 6.07) is 0. The van der Waals surface area contributed by atoms with Crippen LogP contribution in [0.2, 0.25) is 0 Å². The Hall–Kier alpha value is -0.200. The largest absolute Gasteiger partial charge is 0.671 e. The number of aliphatic hydroxyl groups excluding tert-OH is 1. The fourth-order valence-corrected chi connectivity index (χ4v) is 8.00. The number of aliphatic hydroxyl groups is 2. The summed E-state index contributed by atoms with van der Waals surface area (Å²) in [5, 5.41) is 23.0. The Morgan fingerprint density at radius 2 is 1.70 bits per heavy atom. The van der Waals surface area contributed by atoms with Crippen molar-refractivity contribution in [2.45, 2.75) is 89.0 Å². The van der Waals surface area contributed by atoms with Crippen LogP contribution in [0.1, 0.15) is 71.6 Å². The molecule has 4 saturated carbocycles. The topological polar surface area (TPSA) is 76.7 Å². The van der Waals surface area contributed by atoms with Crippen molar-refractivity contribution < 1.29 is 15.1 Å². The second-order valence-electron chi connectivity index (χ2n) is 10.8. The van der Waals surface area contributed by atoms with Crippen molar-refractivity contribution in [3.63, 3.8) is 0 Å². The van der Waals surface area contributed by atoms with E-state index in [4.69, 9.17) is 4.84 Å². The molecule has 0 radical (unpaired) electrons. The van der Waals surface area contributed by atoms with Crippen LogP contribution in [0.3, 0.4) is 0 Å². The fraction of sp³-hybridized carbons (Fsp3) is 1.00. The van der Waals surface area contributed by atoms with E-state index in [-0.39, 0.29) is 16.9 Å². The molecule has 3 N–H and O–H groups in total. The molecule has 27 heavy (non-hydrogen) atoms. The Kier molecular flexibility index (Phi) is 4.96. The molecule has 0 aromatic heterocycles. The molecule has 0 saturated heterocycles. The van der Waals surface area contributed by atoms with E-state index in [1.807, 2.05) is 14.0 Å². The zero-order chi connectivity index (χ0) is 19.6. The molecule has 0 heterocycles. The first kappa shape index (κ1) is 20.1. The van der Waals surface area contributed by atoms with Gasteiger partial charge in [0.1, 0.15) is 6.23 Å². The summed E-state index contributed by atoms with van der Waals surface area (Å²) < 4.78 is 0. The highest BCUT2D eigenvalue weighted by Gasteiger charge is 2.60. The van der Waals surface area contributed by atoms with E-state index in [0.717, 1.165) is 51.4 Å². The number of fused-ring (bicyclic) bond motifs is 5. The summed E-state index contributed by atoms with van der Waals surface area (Å²) >= 11 is 0. The zero-order valence-electron chi connectivity index (χ0n) is 17.6. The number of rotatable bonds is 3. The van der Waals surface area contributed by atoms with E-state index in [1.54, 1.807) is 12.2 Å². The van der Waals surface area contributed by atoms with Gasteiger partial charge in [0.15, 0.2) is 0 Å². The van der Waals surface area contributed by atoms with Crippen LogP contribution in [0.15, 0.2) is 0 Å². The molecule has 0 aliphatic heterocycles. The summed E-state index contributed by atoms with van der Waals surface area (Å²) in [5.74, 6) is 2.19. The minimum absolute atomic E-state index is 0.106. The Labute approximate surface area is 164 Å². The van der Waals surface area contributed by atoms with Crippen molar-refractivity contribution in [2.75, 3.05) is 14.2 Å². The van der Waals surface area contributed by atoms with Gasteiger partial charge in [-0.3, -0.25) is 0 Å². The Morgan fingerprint density at radius 1 is 1.00 bits per heavy atom. The Balaban J connectivity index is 1.57. The lowest BCUT2D eigenvalue weighted by molar-refractivity contribution is -0.236. The number of nitrogens with zero attached hydrogens (tertiary/aromatic N) is 1. The first-order valence-electron chi connectivity index (χ1n) is 11.0. The molecule has 5 nitrogen and oxygen atoms in total. The standard InChI is InChI=1S/C22H39N2O3/c1-20(26)10-9-15-14(13-20)5-6-17-16-7-8-18(19(25)24(3)27-4)21(16,2)11-12-22(15,17)23/h14-19,23,25-26H,5-13H2,1-4H3/q-1/t14?,15?,16-,17?,18?,19?,20+,21?,22?/m0/s1. The lowest BCUT2D eigenvalue weighted by Gasteiger charge is -2.67. The lowest BCUT2D eigenvalue weighted by atomic mass is 9.46. The van der Waals surface area contributed by atoms with Gasteiger partial charge in [-0.05, 0) is 69.1 Å². The third-order valence-corrected chi connectivity index (χ3v) is 9.50. The number of hydroxylamine groups is 2. The minimum Gasteiger partial charge on any atom is -0.671 e. The zero-order valence-corrected chi connectivity index (χ0v) is 17.6. The highest BCUT2D eigenvalue weighted by Crippen LogP contribution is 2.67. The molecule has 4 aliphatic carbocycles. The van der Waals surface area contributed by atoms with Gasteiger partial charge in [0.25, 0.3) is 0 Å². The average Bonchev–Trinajstić information content (AvgIpc) is 2.96. The molecule has 0 aromatic rings. The van der Waals surface area contributed by atoms with Gasteiger partial charge in [0, 0.05) is 13.0 Å². The second kappa shape index (κ2) is 6.66. The van der Waals surface area contributed by atoms with Gasteiger partial charge in [-0.25, -0.2) is 0 Å². The first-order chi connectivity index (χ1) is 12.6. The van der Waals surface area contributed by atoms with E-state index in [9.17, 15) is 15.9 Å². The lowest BCUT2D eigenvalue weighted by Crippen LogP contribution is -2.60. The van der Waals surface area contributed by atoms with Gasteiger partial charge in [0.2, 0.25) is 0 Å². The second-order valence-corrected chi connectivity index (χ2v) is 10.8. The summed E-state index contributed by atoms with van der Waals surface area (Å²) in [7, 11) is 3.44. The van der Waals surface area contributed by atoms with Crippen LogP contribution in [0.5, 0.6) is 0 Å². The van der Waals surface area contributed by atoms with Crippen LogP contribution in [-0.4, -0.2) is 46.8 Å². The summed E-state index contributed by atoms with van der Waals surface area (Å²) in [5.41, 5.74) is 8.84. The maximum absolute atomic E-state index is 10.9. The smallest absolute Gasteiger partial charge is 0.132 e. The van der Waals surface area contributed by atoms with Gasteiger partial charge >= 0.3 is 0 Å². The van der Waals surface area contributed by atoms with Gasteiger partial charge in [0.05, 0.1) is 12.7 Å². The summed E-state index contributed by atoms with van der Waals surface area (Å²) in [6.45, 7) is 4.36. The predicted octanol–water partition coefficient (Wildman–Crippen LogP) is 3.99. The van der Waals surface area contributed by atoms with Crippen LogP contribution in [0.25, 0.3) is 5.73 Å². The first-order valence-corrected chi connectivity index (χ1v) is 11.0. The summed E-state index contributed by atoms with van der Waals surface area (Å²) in [6.07, 6.45) is 8.64. The van der Waals surface area contributed by atoms with Crippen molar-refractivity contribution in [1.82, 2.24) is 5.06 Å². The van der Waals surface area contributed by atoms with Crippen molar-refractivity contribution in [1.29, 1.82) is 0 Å². The van der Waals surface area contributed by atoms with Gasteiger partial charge in [-0.2, -0.15) is 5.06 Å². The molecule has 156 valence electrons. The molecule has 0 amide bonds. The van der Waals surface area contributed by atoms with Gasteiger partial charge in [-0.15, -0.1) is 5.54 Å². The molecule has 9 atom stereocenters. The van der Waals surface area contributed by atoms with Crippen molar-refractivity contribution >= 4 is 0 Å². The Bertz CT molecular complexity index is 570. The van der Waals surface area contributed by atoms with E-state index >= 15 is 0 Å². The molecular weight excluding hydrogens is 340 g/mol. The number of hydrogen-bond acceptors (Lipinski definition) is 4.